The van der Waals surface area contributed by atoms with Crippen LogP contribution in [-0.4, -0.2) is 52.8 Å². The van der Waals surface area contributed by atoms with Crippen LogP contribution in [0.3, 0.4) is 0 Å². The molecule has 1 atom stereocenters. The molecule has 2 aromatic carbocycles. The summed E-state index contributed by atoms with van der Waals surface area (Å²) in [6.07, 6.45) is 2.98. The minimum atomic E-state index is -0.622. The van der Waals surface area contributed by atoms with Gasteiger partial charge in [-0.2, -0.15) is 0 Å². The summed E-state index contributed by atoms with van der Waals surface area (Å²) >= 11 is 0. The number of fused-ring (bicyclic) bond motifs is 2. The highest BCUT2D eigenvalue weighted by Gasteiger charge is 2.23. The van der Waals surface area contributed by atoms with Gasteiger partial charge in [0.05, 0.1) is 18.7 Å². The summed E-state index contributed by atoms with van der Waals surface area (Å²) in [5.41, 5.74) is 2.91. The monoisotopic (exact) mass is 466 g/mol. The lowest BCUT2D eigenvalue weighted by atomic mass is 10.0. The molecule has 5 rings (SSSR count). The van der Waals surface area contributed by atoms with Crippen LogP contribution in [0.4, 0.5) is 8.78 Å². The Morgan fingerprint density at radius 2 is 2.00 bits per heavy atom. The Hall–Kier alpha value is -3.07. The zero-order valence-corrected chi connectivity index (χ0v) is 19.0. The third kappa shape index (κ3) is 4.61. The number of piperidine rings is 1. The van der Waals surface area contributed by atoms with Crippen molar-refractivity contribution in [3.63, 3.8) is 0 Å². The number of likely N-dealkylation sites (tertiary alicyclic amines) is 1. The normalized spacial score (nSPS) is 16.4. The molecular weight excluding hydrogens is 438 g/mol. The molecular formula is C26H28F2N4O2. The van der Waals surface area contributed by atoms with Crippen molar-refractivity contribution in [2.24, 2.45) is 0 Å². The van der Waals surface area contributed by atoms with Crippen molar-refractivity contribution in [2.75, 3.05) is 26.7 Å². The van der Waals surface area contributed by atoms with Gasteiger partial charge in [-0.25, -0.2) is 8.78 Å². The van der Waals surface area contributed by atoms with E-state index in [1.54, 1.807) is 19.4 Å². The first-order valence-corrected chi connectivity index (χ1v) is 11.5. The molecule has 8 heteroatoms. The lowest BCUT2D eigenvalue weighted by molar-refractivity contribution is 0.0948. The lowest BCUT2D eigenvalue weighted by Crippen LogP contribution is -2.43. The van der Waals surface area contributed by atoms with Crippen molar-refractivity contribution in [2.45, 2.75) is 31.5 Å². The second kappa shape index (κ2) is 9.66. The van der Waals surface area contributed by atoms with Gasteiger partial charge in [-0.3, -0.25) is 4.98 Å². The van der Waals surface area contributed by atoms with Gasteiger partial charge in [0, 0.05) is 47.9 Å². The number of aromatic amines is 1. The minimum Gasteiger partial charge on any atom is -0.494 e. The molecule has 2 aromatic heterocycles. The first-order chi connectivity index (χ1) is 16.5. The molecule has 0 unspecified atom stereocenters. The van der Waals surface area contributed by atoms with Crippen LogP contribution in [0.15, 0.2) is 48.7 Å². The van der Waals surface area contributed by atoms with E-state index in [0.29, 0.717) is 35.8 Å². The average molecular weight is 467 g/mol. The quantitative estimate of drug-likeness (QED) is 0.379. The number of hydrogen-bond donors (Lipinski definition) is 3. The molecule has 3 heterocycles. The molecule has 1 fully saturated rings. The number of aromatic nitrogens is 2. The number of β-amino-alcohol motifs (C(OH)–C–C–N with tert-alkyl or cyclic N) is 1. The summed E-state index contributed by atoms with van der Waals surface area (Å²) in [5, 5.41) is 15.8. The van der Waals surface area contributed by atoms with E-state index in [2.05, 4.69) is 20.2 Å². The number of ether oxygens (including phenoxy) is 1. The summed E-state index contributed by atoms with van der Waals surface area (Å²) in [6.45, 7) is 2.85. The second-order valence-electron chi connectivity index (χ2n) is 8.87. The van der Waals surface area contributed by atoms with Crippen LogP contribution in [-0.2, 0) is 6.54 Å². The van der Waals surface area contributed by atoms with E-state index in [4.69, 9.17) is 4.74 Å². The average Bonchev–Trinajstić information content (AvgIpc) is 3.26. The number of rotatable bonds is 7. The molecule has 0 aliphatic carbocycles. The van der Waals surface area contributed by atoms with E-state index in [-0.39, 0.29) is 0 Å². The number of H-pyrrole nitrogens is 1. The van der Waals surface area contributed by atoms with Gasteiger partial charge in [0.1, 0.15) is 22.9 Å². The molecule has 178 valence electrons. The molecule has 1 aliphatic heterocycles. The number of nitrogens with zero attached hydrogens (tertiary/aromatic N) is 2. The van der Waals surface area contributed by atoms with Crippen molar-refractivity contribution in [1.82, 2.24) is 20.2 Å². The third-order valence-electron chi connectivity index (χ3n) is 6.65. The van der Waals surface area contributed by atoms with Crippen LogP contribution in [0.25, 0.3) is 21.8 Å². The maximum Gasteiger partial charge on any atom is 0.145 e. The number of aliphatic hydroxyl groups excluding tert-OH is 1. The van der Waals surface area contributed by atoms with E-state index >= 15 is 0 Å². The number of nitrogens with one attached hydrogen (secondary N) is 2. The molecule has 3 N–H and O–H groups in total. The predicted octanol–water partition coefficient (Wildman–Crippen LogP) is 4.29. The summed E-state index contributed by atoms with van der Waals surface area (Å²) in [6, 6.07) is 11.9. The fourth-order valence-corrected chi connectivity index (χ4v) is 4.86. The molecule has 6 nitrogen and oxygen atoms in total. The van der Waals surface area contributed by atoms with Crippen LogP contribution in [0, 0.1) is 11.6 Å². The Bertz CT molecular complexity index is 1300. The minimum absolute atomic E-state index is 0.326. The van der Waals surface area contributed by atoms with E-state index in [1.165, 1.54) is 6.07 Å². The van der Waals surface area contributed by atoms with Gasteiger partial charge < -0.3 is 25.0 Å². The van der Waals surface area contributed by atoms with E-state index in [0.717, 1.165) is 54.2 Å². The topological polar surface area (TPSA) is 73.4 Å². The van der Waals surface area contributed by atoms with Crippen LogP contribution >= 0.6 is 0 Å². The maximum absolute atomic E-state index is 13.9. The van der Waals surface area contributed by atoms with Crippen molar-refractivity contribution in [3.05, 3.63) is 71.6 Å². The van der Waals surface area contributed by atoms with Gasteiger partial charge in [-0.15, -0.1) is 0 Å². The summed E-state index contributed by atoms with van der Waals surface area (Å²) in [5.74, 6) is -0.439. The first-order valence-electron chi connectivity index (χ1n) is 11.5. The molecule has 0 saturated carbocycles. The van der Waals surface area contributed by atoms with Crippen molar-refractivity contribution in [1.29, 1.82) is 0 Å². The number of benzene rings is 2. The Morgan fingerprint density at radius 1 is 1.18 bits per heavy atom. The van der Waals surface area contributed by atoms with Crippen LogP contribution in [0.5, 0.6) is 5.75 Å². The number of methoxy groups -OCH3 is 1. The molecule has 0 radical (unpaired) electrons. The third-order valence-corrected chi connectivity index (χ3v) is 6.65. The number of aliphatic hydroxyl groups is 1. The maximum atomic E-state index is 13.9. The lowest BCUT2D eigenvalue weighted by Gasteiger charge is -2.33. The summed E-state index contributed by atoms with van der Waals surface area (Å²) in [7, 11) is 1.62. The smallest absolute Gasteiger partial charge is 0.145 e. The molecule has 34 heavy (non-hydrogen) atoms. The number of hydrogen-bond acceptors (Lipinski definition) is 5. The number of halogens is 2. The fourth-order valence-electron chi connectivity index (χ4n) is 4.86. The van der Waals surface area contributed by atoms with Gasteiger partial charge in [0.2, 0.25) is 0 Å². The predicted molar refractivity (Wildman–Crippen MR) is 128 cm³/mol. The number of para-hydroxylation sites is 1. The SMILES string of the molecule is COc1cccc2c([C@@H](O)CN3CCC(NCc4cc5c(F)cc(F)cc5[nH]4)CC3)ccnc12. The van der Waals surface area contributed by atoms with Gasteiger partial charge in [-0.1, -0.05) is 12.1 Å². The van der Waals surface area contributed by atoms with E-state index in [9.17, 15) is 13.9 Å². The second-order valence-corrected chi connectivity index (χ2v) is 8.87. The van der Waals surface area contributed by atoms with Crippen molar-refractivity contribution < 1.29 is 18.6 Å². The highest BCUT2D eigenvalue weighted by Crippen LogP contribution is 2.30. The Morgan fingerprint density at radius 3 is 2.79 bits per heavy atom. The largest absolute Gasteiger partial charge is 0.494 e. The molecule has 4 aromatic rings. The van der Waals surface area contributed by atoms with Crippen LogP contribution in [0.2, 0.25) is 0 Å². The molecule has 1 saturated heterocycles. The number of pyridine rings is 1. The molecule has 1 aliphatic rings. The van der Waals surface area contributed by atoms with Gasteiger partial charge in [-0.05, 0) is 55.8 Å². The summed E-state index contributed by atoms with van der Waals surface area (Å²) < 4.78 is 32.8. The zero-order valence-electron chi connectivity index (χ0n) is 19.0. The van der Waals surface area contributed by atoms with Crippen molar-refractivity contribution in [3.8, 4) is 5.75 Å². The first kappa shape index (κ1) is 22.7. The highest BCUT2D eigenvalue weighted by molar-refractivity contribution is 5.87. The van der Waals surface area contributed by atoms with Gasteiger partial charge >= 0.3 is 0 Å². The van der Waals surface area contributed by atoms with Gasteiger partial charge in [0.25, 0.3) is 0 Å². The summed E-state index contributed by atoms with van der Waals surface area (Å²) in [4.78, 5) is 9.79. The standard InChI is InChI=1S/C26H28F2N4O2/c1-34-25-4-2-3-20-19(5-8-29-26(20)25)24(33)15-32-9-6-17(7-10-32)30-14-18-13-21-22(28)11-16(27)12-23(21)31-18/h2-5,8,11-13,17,24,30-31,33H,6-7,9-10,14-15H2,1H3/t24-/m0/s1. The fraction of sp³-hybridized carbons (Fsp3) is 0.346. The highest BCUT2D eigenvalue weighted by atomic mass is 19.1. The zero-order chi connectivity index (χ0) is 23.7. The van der Waals surface area contributed by atoms with Crippen molar-refractivity contribution >= 4 is 21.8 Å². The Balaban J connectivity index is 1.16. The van der Waals surface area contributed by atoms with E-state index < -0.39 is 17.7 Å². The van der Waals surface area contributed by atoms with E-state index in [1.807, 2.05) is 24.3 Å². The molecule has 0 amide bonds. The Kier molecular flexibility index (Phi) is 6.45. The Labute approximate surface area is 196 Å². The molecule has 0 bridgehead atoms. The van der Waals surface area contributed by atoms with Gasteiger partial charge in [0.15, 0.2) is 0 Å². The molecule has 0 spiro atoms. The van der Waals surface area contributed by atoms with Crippen LogP contribution in [0.1, 0.15) is 30.2 Å². The van der Waals surface area contributed by atoms with Crippen LogP contribution < -0.4 is 10.1 Å².